The Hall–Kier alpha value is -3.48. The number of rotatable bonds is 6. The number of ether oxygens (including phenoxy) is 2. The molecule has 0 aliphatic rings. The van der Waals surface area contributed by atoms with Gasteiger partial charge < -0.3 is 9.47 Å². The molecule has 3 rings (SSSR count). The lowest BCUT2D eigenvalue weighted by molar-refractivity contribution is 0.0600. The fraction of sp³-hybridized carbons (Fsp3) is 0.238. The summed E-state index contributed by atoms with van der Waals surface area (Å²) in [5.74, 6) is -0.893. The number of aryl methyl sites for hydroxylation is 1. The van der Waals surface area contributed by atoms with Crippen molar-refractivity contribution in [3.8, 4) is 5.75 Å². The maximum absolute atomic E-state index is 12.7. The van der Waals surface area contributed by atoms with Crippen molar-refractivity contribution < 1.29 is 19.1 Å². The monoisotopic (exact) mass is 380 g/mol. The molecule has 0 aliphatic heterocycles. The lowest BCUT2D eigenvalue weighted by Crippen LogP contribution is -2.27. The van der Waals surface area contributed by atoms with Gasteiger partial charge in [0.25, 0.3) is 5.56 Å². The summed E-state index contributed by atoms with van der Waals surface area (Å²) in [5, 5.41) is 5.11. The van der Waals surface area contributed by atoms with Gasteiger partial charge in [0.1, 0.15) is 5.75 Å². The van der Waals surface area contributed by atoms with Gasteiger partial charge in [0.15, 0.2) is 5.69 Å². The van der Waals surface area contributed by atoms with E-state index in [1.807, 2.05) is 6.92 Å². The fourth-order valence-corrected chi connectivity index (χ4v) is 2.78. The van der Waals surface area contributed by atoms with Crippen molar-refractivity contribution in [2.75, 3.05) is 7.11 Å². The first-order chi connectivity index (χ1) is 13.5. The van der Waals surface area contributed by atoms with E-state index in [-0.39, 0.29) is 17.0 Å². The van der Waals surface area contributed by atoms with E-state index in [9.17, 15) is 14.4 Å². The average molecular weight is 380 g/mol. The van der Waals surface area contributed by atoms with Crippen molar-refractivity contribution in [2.45, 2.75) is 26.3 Å². The maximum atomic E-state index is 12.7. The molecule has 0 saturated carbocycles. The quantitative estimate of drug-likeness (QED) is 0.482. The topological polar surface area (TPSA) is 87.5 Å². The third-order valence-corrected chi connectivity index (χ3v) is 4.27. The molecule has 3 aromatic rings. The molecule has 0 unspecified atom stereocenters. The minimum atomic E-state index is -0.674. The molecule has 144 valence electrons. The Morgan fingerprint density at radius 3 is 2.32 bits per heavy atom. The predicted molar refractivity (Wildman–Crippen MR) is 104 cm³/mol. The Bertz CT molecular complexity index is 1070. The van der Waals surface area contributed by atoms with Crippen molar-refractivity contribution in [1.82, 2.24) is 9.78 Å². The highest BCUT2D eigenvalue weighted by atomic mass is 16.5. The van der Waals surface area contributed by atoms with E-state index >= 15 is 0 Å². The van der Waals surface area contributed by atoms with Crippen LogP contribution in [0, 0.1) is 0 Å². The number of methoxy groups -OCH3 is 1. The number of hydrogen-bond acceptors (Lipinski definition) is 6. The SMILES string of the molecule is CCCCn1nc(C(=O)Oc2ccc(C(=O)OC)cc2)c2ccccc2c1=O. The largest absolute Gasteiger partial charge is 0.465 e. The zero-order chi connectivity index (χ0) is 20.1. The van der Waals surface area contributed by atoms with Gasteiger partial charge >= 0.3 is 11.9 Å². The van der Waals surface area contributed by atoms with Crippen LogP contribution in [0.2, 0.25) is 0 Å². The number of aromatic nitrogens is 2. The van der Waals surface area contributed by atoms with Crippen LogP contribution in [-0.2, 0) is 11.3 Å². The van der Waals surface area contributed by atoms with Gasteiger partial charge in [-0.15, -0.1) is 0 Å². The van der Waals surface area contributed by atoms with Crippen LogP contribution in [0.3, 0.4) is 0 Å². The van der Waals surface area contributed by atoms with Gasteiger partial charge in [0.05, 0.1) is 18.1 Å². The van der Waals surface area contributed by atoms with Crippen LogP contribution in [0.1, 0.15) is 40.6 Å². The minimum Gasteiger partial charge on any atom is -0.465 e. The number of benzene rings is 2. The highest BCUT2D eigenvalue weighted by Gasteiger charge is 2.19. The first-order valence-electron chi connectivity index (χ1n) is 8.95. The zero-order valence-electron chi connectivity index (χ0n) is 15.7. The molecule has 0 saturated heterocycles. The van der Waals surface area contributed by atoms with Gasteiger partial charge in [-0.05, 0) is 36.8 Å². The number of unbranched alkanes of at least 4 members (excludes halogenated alkanes) is 1. The lowest BCUT2D eigenvalue weighted by Gasteiger charge is -2.10. The number of fused-ring (bicyclic) bond motifs is 1. The van der Waals surface area contributed by atoms with Crippen molar-refractivity contribution in [3.63, 3.8) is 0 Å². The fourth-order valence-electron chi connectivity index (χ4n) is 2.78. The van der Waals surface area contributed by atoms with Gasteiger partial charge in [0.2, 0.25) is 0 Å². The maximum Gasteiger partial charge on any atom is 0.364 e. The van der Waals surface area contributed by atoms with Gasteiger partial charge in [-0.2, -0.15) is 5.10 Å². The normalized spacial score (nSPS) is 10.6. The third kappa shape index (κ3) is 3.93. The van der Waals surface area contributed by atoms with E-state index < -0.39 is 11.9 Å². The van der Waals surface area contributed by atoms with Crippen molar-refractivity contribution in [1.29, 1.82) is 0 Å². The Balaban J connectivity index is 1.95. The third-order valence-electron chi connectivity index (χ3n) is 4.27. The summed E-state index contributed by atoms with van der Waals surface area (Å²) in [7, 11) is 1.29. The van der Waals surface area contributed by atoms with Crippen LogP contribution in [0.25, 0.3) is 10.8 Å². The summed E-state index contributed by atoms with van der Waals surface area (Å²) in [6, 6.07) is 12.8. The van der Waals surface area contributed by atoms with E-state index in [1.54, 1.807) is 24.3 Å². The van der Waals surface area contributed by atoms with Crippen molar-refractivity contribution in [3.05, 3.63) is 70.1 Å². The van der Waals surface area contributed by atoms with Crippen molar-refractivity contribution >= 4 is 22.7 Å². The standard InChI is InChI=1S/C21H20N2O5/c1-3-4-13-23-19(24)17-8-6-5-7-16(17)18(22-23)21(26)28-15-11-9-14(10-12-15)20(25)27-2/h5-12H,3-4,13H2,1-2H3. The molecule has 0 spiro atoms. The summed E-state index contributed by atoms with van der Waals surface area (Å²) in [6.45, 7) is 2.44. The second kappa shape index (κ2) is 8.47. The molecule has 2 aromatic carbocycles. The molecule has 0 atom stereocenters. The molecule has 1 aromatic heterocycles. The summed E-state index contributed by atoms with van der Waals surface area (Å²) in [5.41, 5.74) is 0.186. The van der Waals surface area contributed by atoms with E-state index in [4.69, 9.17) is 4.74 Å². The van der Waals surface area contributed by atoms with Crippen LogP contribution >= 0.6 is 0 Å². The Morgan fingerprint density at radius 2 is 1.68 bits per heavy atom. The molecule has 0 bridgehead atoms. The number of hydrogen-bond donors (Lipinski definition) is 0. The van der Waals surface area contributed by atoms with Crippen molar-refractivity contribution in [2.24, 2.45) is 0 Å². The molecular formula is C21H20N2O5. The number of carbonyl (C=O) groups excluding carboxylic acids is 2. The van der Waals surface area contributed by atoms with E-state index in [1.165, 1.54) is 36.1 Å². The van der Waals surface area contributed by atoms with Crippen LogP contribution < -0.4 is 10.3 Å². The van der Waals surface area contributed by atoms with Crippen LogP contribution in [-0.4, -0.2) is 28.8 Å². The highest BCUT2D eigenvalue weighted by molar-refractivity contribution is 6.02. The molecule has 0 N–H and O–H groups in total. The van der Waals surface area contributed by atoms with E-state index in [0.717, 1.165) is 12.8 Å². The molecule has 7 heteroatoms. The summed E-state index contributed by atoms with van der Waals surface area (Å²) in [6.07, 6.45) is 1.67. The summed E-state index contributed by atoms with van der Waals surface area (Å²) < 4.78 is 11.4. The second-order valence-electron chi connectivity index (χ2n) is 6.18. The summed E-state index contributed by atoms with van der Waals surface area (Å²) >= 11 is 0. The van der Waals surface area contributed by atoms with E-state index in [0.29, 0.717) is 22.9 Å². The Kier molecular flexibility index (Phi) is 5.84. The first kappa shape index (κ1) is 19.3. The van der Waals surface area contributed by atoms with Crippen LogP contribution in [0.4, 0.5) is 0 Å². The zero-order valence-corrected chi connectivity index (χ0v) is 15.7. The van der Waals surface area contributed by atoms with Gasteiger partial charge in [-0.1, -0.05) is 31.5 Å². The smallest absolute Gasteiger partial charge is 0.364 e. The van der Waals surface area contributed by atoms with Crippen LogP contribution in [0.15, 0.2) is 53.3 Å². The molecule has 0 fully saturated rings. The minimum absolute atomic E-state index is 0.0725. The molecule has 7 nitrogen and oxygen atoms in total. The highest BCUT2D eigenvalue weighted by Crippen LogP contribution is 2.18. The van der Waals surface area contributed by atoms with E-state index in [2.05, 4.69) is 9.84 Å². The van der Waals surface area contributed by atoms with Gasteiger partial charge in [0, 0.05) is 11.9 Å². The first-order valence-corrected chi connectivity index (χ1v) is 8.95. The number of carbonyl (C=O) groups is 2. The summed E-state index contributed by atoms with van der Waals surface area (Å²) in [4.78, 5) is 36.8. The molecule has 0 radical (unpaired) electrons. The van der Waals surface area contributed by atoms with Gasteiger partial charge in [-0.25, -0.2) is 14.3 Å². The molecule has 0 amide bonds. The molecular weight excluding hydrogens is 360 g/mol. The molecule has 28 heavy (non-hydrogen) atoms. The number of nitrogens with zero attached hydrogens (tertiary/aromatic N) is 2. The molecule has 1 heterocycles. The lowest BCUT2D eigenvalue weighted by atomic mass is 10.1. The van der Waals surface area contributed by atoms with Crippen LogP contribution in [0.5, 0.6) is 5.75 Å². The second-order valence-corrected chi connectivity index (χ2v) is 6.18. The Labute approximate surface area is 161 Å². The predicted octanol–water partition coefficient (Wildman–Crippen LogP) is 3.20. The Morgan fingerprint density at radius 1 is 1.00 bits per heavy atom. The average Bonchev–Trinajstić information content (AvgIpc) is 2.73. The molecule has 0 aliphatic carbocycles. The van der Waals surface area contributed by atoms with Gasteiger partial charge in [-0.3, -0.25) is 4.79 Å². The number of esters is 2.